The number of carboxylic acids is 2. The predicted molar refractivity (Wildman–Crippen MR) is 110 cm³/mol. The summed E-state index contributed by atoms with van der Waals surface area (Å²) in [6, 6.07) is 4.49. The Morgan fingerprint density at radius 1 is 1.07 bits per heavy atom. The molecule has 0 radical (unpaired) electrons. The molecule has 2 rings (SSSR count). The first-order valence-electron chi connectivity index (χ1n) is 9.36. The molecule has 0 unspecified atom stereocenters. The number of hydrogen-bond acceptors (Lipinski definition) is 5. The van der Waals surface area contributed by atoms with Gasteiger partial charge in [-0.05, 0) is 31.7 Å². The lowest BCUT2D eigenvalue weighted by atomic mass is 10.0. The fraction of sp³-hybridized carbons (Fsp3) is 0.476. The molecule has 1 aromatic heterocycles. The standard InChI is InChI=1S/C21H28N2O4S/c1-12(2)5-17(20(24)25)23-18(21(26)27)10-16-11-28-19(22-16)9-15-7-13(3)6-14(4)8-15/h6-8,11-12,17-18,23H,5,9-10H2,1-4H3,(H,24,25)(H,26,27)/t17-,18-/m0/s1. The van der Waals surface area contributed by atoms with E-state index in [-0.39, 0.29) is 12.3 Å². The normalized spacial score (nSPS) is 13.5. The molecule has 0 bridgehead atoms. The summed E-state index contributed by atoms with van der Waals surface area (Å²) >= 11 is 1.50. The second kappa shape index (κ2) is 9.80. The number of aliphatic carboxylic acids is 2. The maximum absolute atomic E-state index is 11.6. The molecule has 7 heteroatoms. The van der Waals surface area contributed by atoms with Crippen molar-refractivity contribution >= 4 is 23.3 Å². The fourth-order valence-electron chi connectivity index (χ4n) is 3.25. The van der Waals surface area contributed by atoms with Crippen molar-refractivity contribution in [1.82, 2.24) is 10.3 Å². The Morgan fingerprint density at radius 3 is 2.21 bits per heavy atom. The topological polar surface area (TPSA) is 99.5 Å². The minimum absolute atomic E-state index is 0.145. The average molecular weight is 405 g/mol. The molecule has 0 spiro atoms. The van der Waals surface area contributed by atoms with Gasteiger partial charge in [0.25, 0.3) is 0 Å². The molecule has 0 fully saturated rings. The highest BCUT2D eigenvalue weighted by Crippen LogP contribution is 2.18. The molecule has 0 amide bonds. The van der Waals surface area contributed by atoms with Gasteiger partial charge in [-0.1, -0.05) is 43.2 Å². The molecule has 0 aliphatic heterocycles. The molecule has 0 aliphatic carbocycles. The zero-order valence-electron chi connectivity index (χ0n) is 16.7. The fourth-order valence-corrected chi connectivity index (χ4v) is 4.09. The molecule has 0 saturated carbocycles. The van der Waals surface area contributed by atoms with Crippen LogP contribution in [0.15, 0.2) is 23.6 Å². The lowest BCUT2D eigenvalue weighted by molar-refractivity contribution is -0.142. The first kappa shape index (κ1) is 22.0. The van der Waals surface area contributed by atoms with Crippen molar-refractivity contribution < 1.29 is 19.8 Å². The Balaban J connectivity index is 2.07. The largest absolute Gasteiger partial charge is 0.480 e. The van der Waals surface area contributed by atoms with E-state index in [2.05, 4.69) is 42.3 Å². The van der Waals surface area contributed by atoms with Crippen LogP contribution in [0, 0.1) is 19.8 Å². The molecule has 0 saturated heterocycles. The van der Waals surface area contributed by atoms with E-state index < -0.39 is 24.0 Å². The van der Waals surface area contributed by atoms with E-state index in [4.69, 9.17) is 0 Å². The van der Waals surface area contributed by atoms with E-state index in [0.717, 1.165) is 5.01 Å². The quantitative estimate of drug-likeness (QED) is 0.561. The summed E-state index contributed by atoms with van der Waals surface area (Å²) in [5, 5.41) is 24.4. The molecular formula is C21H28N2O4S. The van der Waals surface area contributed by atoms with Gasteiger partial charge in [-0.3, -0.25) is 14.9 Å². The van der Waals surface area contributed by atoms with Gasteiger partial charge in [0.15, 0.2) is 0 Å². The molecule has 0 aliphatic rings. The molecule has 2 atom stereocenters. The summed E-state index contributed by atoms with van der Waals surface area (Å²) in [4.78, 5) is 27.6. The van der Waals surface area contributed by atoms with Gasteiger partial charge in [-0.2, -0.15) is 0 Å². The van der Waals surface area contributed by atoms with E-state index in [9.17, 15) is 19.8 Å². The first-order valence-corrected chi connectivity index (χ1v) is 10.2. The van der Waals surface area contributed by atoms with Crippen molar-refractivity contribution in [1.29, 1.82) is 0 Å². The van der Waals surface area contributed by atoms with E-state index >= 15 is 0 Å². The maximum atomic E-state index is 11.6. The third-order valence-electron chi connectivity index (χ3n) is 4.36. The van der Waals surface area contributed by atoms with Gasteiger partial charge in [0, 0.05) is 18.2 Å². The highest BCUT2D eigenvalue weighted by atomic mass is 32.1. The zero-order chi connectivity index (χ0) is 20.8. The van der Waals surface area contributed by atoms with Crippen LogP contribution in [-0.4, -0.2) is 39.2 Å². The van der Waals surface area contributed by atoms with Crippen LogP contribution in [0.4, 0.5) is 0 Å². The predicted octanol–water partition coefficient (Wildman–Crippen LogP) is 3.44. The number of carbonyl (C=O) groups is 2. The Labute approximate surface area is 169 Å². The second-order valence-corrected chi connectivity index (χ2v) is 8.63. The van der Waals surface area contributed by atoms with Crippen LogP contribution in [0.2, 0.25) is 0 Å². The van der Waals surface area contributed by atoms with Crippen LogP contribution in [0.1, 0.15) is 47.7 Å². The van der Waals surface area contributed by atoms with E-state index in [1.54, 1.807) is 0 Å². The number of rotatable bonds is 10. The molecule has 152 valence electrons. The van der Waals surface area contributed by atoms with Crippen molar-refractivity contribution in [2.75, 3.05) is 0 Å². The minimum Gasteiger partial charge on any atom is -0.480 e. The molecule has 1 heterocycles. The first-order chi connectivity index (χ1) is 13.1. The lowest BCUT2D eigenvalue weighted by Gasteiger charge is -2.21. The van der Waals surface area contributed by atoms with Gasteiger partial charge in [0.1, 0.15) is 12.1 Å². The van der Waals surface area contributed by atoms with Gasteiger partial charge in [-0.15, -0.1) is 11.3 Å². The molecule has 3 N–H and O–H groups in total. The summed E-state index contributed by atoms with van der Waals surface area (Å²) < 4.78 is 0. The van der Waals surface area contributed by atoms with Crippen LogP contribution in [0.3, 0.4) is 0 Å². The number of thiazole rings is 1. The highest BCUT2D eigenvalue weighted by molar-refractivity contribution is 7.09. The molecular weight excluding hydrogens is 376 g/mol. The van der Waals surface area contributed by atoms with Crippen LogP contribution >= 0.6 is 11.3 Å². The van der Waals surface area contributed by atoms with Gasteiger partial charge < -0.3 is 10.2 Å². The number of aromatic nitrogens is 1. The molecule has 2 aromatic rings. The number of aryl methyl sites for hydroxylation is 2. The SMILES string of the molecule is Cc1cc(C)cc(Cc2nc(C[C@H](N[C@@H](CC(C)C)C(=O)O)C(=O)O)cs2)c1. The van der Waals surface area contributed by atoms with Crippen LogP contribution in [-0.2, 0) is 22.4 Å². The second-order valence-electron chi connectivity index (χ2n) is 7.69. The Hall–Kier alpha value is -2.25. The van der Waals surface area contributed by atoms with Crippen molar-refractivity contribution in [3.63, 3.8) is 0 Å². The monoisotopic (exact) mass is 404 g/mol. The lowest BCUT2D eigenvalue weighted by Crippen LogP contribution is -2.48. The summed E-state index contributed by atoms with van der Waals surface area (Å²) in [5.41, 5.74) is 4.24. The Bertz CT molecular complexity index is 811. The minimum atomic E-state index is -1.07. The number of nitrogens with one attached hydrogen (secondary N) is 1. The van der Waals surface area contributed by atoms with Crippen molar-refractivity contribution in [3.05, 3.63) is 51.0 Å². The zero-order valence-corrected chi connectivity index (χ0v) is 17.5. The third kappa shape index (κ3) is 6.73. The Kier molecular flexibility index (Phi) is 7.71. The van der Waals surface area contributed by atoms with Gasteiger partial charge in [0.05, 0.1) is 10.7 Å². The van der Waals surface area contributed by atoms with E-state index in [1.807, 2.05) is 19.2 Å². The van der Waals surface area contributed by atoms with Crippen LogP contribution in [0.25, 0.3) is 0 Å². The summed E-state index contributed by atoms with van der Waals surface area (Å²) in [5.74, 6) is -1.96. The highest BCUT2D eigenvalue weighted by Gasteiger charge is 2.27. The van der Waals surface area contributed by atoms with E-state index in [0.29, 0.717) is 18.5 Å². The van der Waals surface area contributed by atoms with Gasteiger partial charge in [0.2, 0.25) is 0 Å². The number of carboxylic acid groups (broad SMARTS) is 2. The van der Waals surface area contributed by atoms with Crippen molar-refractivity contribution in [2.24, 2.45) is 5.92 Å². The number of hydrogen-bond donors (Lipinski definition) is 3. The number of benzene rings is 1. The van der Waals surface area contributed by atoms with Gasteiger partial charge in [-0.25, -0.2) is 4.98 Å². The molecule has 28 heavy (non-hydrogen) atoms. The van der Waals surface area contributed by atoms with Crippen molar-refractivity contribution in [3.8, 4) is 0 Å². The van der Waals surface area contributed by atoms with Crippen LogP contribution in [0.5, 0.6) is 0 Å². The average Bonchev–Trinajstić information content (AvgIpc) is 2.98. The molecule has 6 nitrogen and oxygen atoms in total. The number of nitrogens with zero attached hydrogens (tertiary/aromatic N) is 1. The van der Waals surface area contributed by atoms with Gasteiger partial charge >= 0.3 is 11.9 Å². The summed E-state index contributed by atoms with van der Waals surface area (Å²) in [6.45, 7) is 7.94. The summed E-state index contributed by atoms with van der Waals surface area (Å²) in [7, 11) is 0. The van der Waals surface area contributed by atoms with Crippen LogP contribution < -0.4 is 5.32 Å². The Morgan fingerprint density at radius 2 is 1.68 bits per heavy atom. The molecule has 1 aromatic carbocycles. The maximum Gasteiger partial charge on any atom is 0.321 e. The summed E-state index contributed by atoms with van der Waals surface area (Å²) in [6.07, 6.45) is 1.22. The van der Waals surface area contributed by atoms with E-state index in [1.165, 1.54) is 28.0 Å². The third-order valence-corrected chi connectivity index (χ3v) is 5.25. The van der Waals surface area contributed by atoms with Crippen molar-refractivity contribution in [2.45, 2.75) is 59.0 Å². The smallest absolute Gasteiger partial charge is 0.321 e.